The number of benzene rings is 1. The molecule has 2 aromatic rings. The van der Waals surface area contributed by atoms with Crippen molar-refractivity contribution in [3.8, 4) is 11.8 Å². The van der Waals surface area contributed by atoms with Crippen LogP contribution in [-0.4, -0.2) is 21.1 Å². The van der Waals surface area contributed by atoms with Crippen molar-refractivity contribution >= 4 is 5.78 Å². The van der Waals surface area contributed by atoms with Crippen LogP contribution < -0.4 is 0 Å². The molecular weight excluding hydrogens is 302 g/mol. The van der Waals surface area contributed by atoms with Crippen LogP contribution in [0.5, 0.6) is 5.75 Å². The molecule has 0 bridgehead atoms. The summed E-state index contributed by atoms with van der Waals surface area (Å²) in [4.78, 5) is 12.6. The van der Waals surface area contributed by atoms with E-state index in [1.807, 2.05) is 25.3 Å². The van der Waals surface area contributed by atoms with Gasteiger partial charge in [-0.3, -0.25) is 9.89 Å². The van der Waals surface area contributed by atoms with Crippen LogP contribution in [0.4, 0.5) is 0 Å². The molecule has 4 rings (SSSR count). The normalized spacial score (nSPS) is 31.8. The van der Waals surface area contributed by atoms with E-state index in [0.717, 1.165) is 29.7 Å². The Hall–Kier alpha value is -2.61. The lowest BCUT2D eigenvalue weighted by Gasteiger charge is -2.50. The number of hydrogen-bond acceptors (Lipinski definition) is 4. The Balaban J connectivity index is 1.97. The molecule has 122 valence electrons. The molecule has 3 unspecified atom stereocenters. The van der Waals surface area contributed by atoms with E-state index in [-0.39, 0.29) is 23.4 Å². The van der Waals surface area contributed by atoms with E-state index in [1.165, 1.54) is 0 Å². The number of carbonyl (C=O) groups is 1. The van der Waals surface area contributed by atoms with E-state index in [9.17, 15) is 15.2 Å². The SMILES string of the molecule is CC1C(=O)C(C#N)C[C@]2(c3ccc(O)cc3)c3n[nH]cc3CCC12. The summed E-state index contributed by atoms with van der Waals surface area (Å²) in [6.07, 6.45) is 4.18. The van der Waals surface area contributed by atoms with Gasteiger partial charge in [0, 0.05) is 17.5 Å². The third kappa shape index (κ3) is 1.86. The average molecular weight is 321 g/mol. The van der Waals surface area contributed by atoms with Crippen molar-refractivity contribution in [1.29, 1.82) is 5.26 Å². The van der Waals surface area contributed by atoms with Crippen LogP contribution in [0.2, 0.25) is 0 Å². The predicted octanol–water partition coefficient (Wildman–Crippen LogP) is 2.71. The fourth-order valence-corrected chi connectivity index (χ4v) is 4.82. The molecule has 2 N–H and O–H groups in total. The number of nitrogens with zero attached hydrogens (tertiary/aromatic N) is 2. The van der Waals surface area contributed by atoms with Gasteiger partial charge in [-0.05, 0) is 48.4 Å². The number of hydrogen-bond donors (Lipinski definition) is 2. The summed E-state index contributed by atoms with van der Waals surface area (Å²) in [5.41, 5.74) is 2.70. The average Bonchev–Trinajstić information content (AvgIpc) is 3.08. The third-order valence-electron chi connectivity index (χ3n) is 5.96. The molecule has 0 aliphatic heterocycles. The van der Waals surface area contributed by atoms with Gasteiger partial charge in [0.05, 0.1) is 11.8 Å². The first-order chi connectivity index (χ1) is 11.6. The summed E-state index contributed by atoms with van der Waals surface area (Å²) in [5, 5.41) is 26.7. The van der Waals surface area contributed by atoms with Gasteiger partial charge >= 0.3 is 0 Å². The topological polar surface area (TPSA) is 89.8 Å². The Bertz CT molecular complexity index is 833. The molecule has 4 atom stereocenters. The molecule has 0 radical (unpaired) electrons. The Kier molecular flexibility index (Phi) is 3.24. The van der Waals surface area contributed by atoms with Gasteiger partial charge < -0.3 is 5.11 Å². The van der Waals surface area contributed by atoms with Crippen molar-refractivity contribution in [2.45, 2.75) is 31.6 Å². The largest absolute Gasteiger partial charge is 0.508 e. The first-order valence-electron chi connectivity index (χ1n) is 8.34. The number of H-pyrrole nitrogens is 1. The second-order valence-corrected chi connectivity index (χ2v) is 7.00. The number of aromatic amines is 1. The van der Waals surface area contributed by atoms with Gasteiger partial charge in [0.25, 0.3) is 0 Å². The Morgan fingerprint density at radius 3 is 2.83 bits per heavy atom. The number of phenolic OH excluding ortho intramolecular Hbond substituents is 1. The number of aromatic hydroxyl groups is 1. The predicted molar refractivity (Wildman–Crippen MR) is 87.2 cm³/mol. The van der Waals surface area contributed by atoms with Crippen molar-refractivity contribution < 1.29 is 9.90 Å². The standard InChI is InChI=1S/C19H19N3O2/c1-11-16-7-2-12-10-21-22-18(12)19(16,8-13(9-20)17(11)24)14-3-5-15(23)6-4-14/h3-6,10-11,13,16,23H,2,7-8H2,1H3,(H,21,22)/t11?,13?,16?,19-/m1/s1. The minimum atomic E-state index is -0.618. The van der Waals surface area contributed by atoms with Crippen molar-refractivity contribution in [1.82, 2.24) is 10.2 Å². The molecule has 1 saturated carbocycles. The quantitative estimate of drug-likeness (QED) is 0.845. The number of nitrogens with one attached hydrogen (secondary N) is 1. The molecule has 1 aromatic carbocycles. The number of nitriles is 1. The van der Waals surface area contributed by atoms with Gasteiger partial charge in [-0.25, -0.2) is 0 Å². The molecule has 0 saturated heterocycles. The second-order valence-electron chi connectivity index (χ2n) is 7.00. The Morgan fingerprint density at radius 1 is 1.38 bits per heavy atom. The van der Waals surface area contributed by atoms with E-state index >= 15 is 0 Å². The molecule has 5 heteroatoms. The Morgan fingerprint density at radius 2 is 2.12 bits per heavy atom. The zero-order valence-electron chi connectivity index (χ0n) is 13.5. The number of carbonyl (C=O) groups excluding carboxylic acids is 1. The zero-order chi connectivity index (χ0) is 16.9. The van der Waals surface area contributed by atoms with Crippen LogP contribution in [0, 0.1) is 29.1 Å². The molecule has 5 nitrogen and oxygen atoms in total. The summed E-state index contributed by atoms with van der Waals surface area (Å²) in [7, 11) is 0. The van der Waals surface area contributed by atoms with Crippen molar-refractivity contribution in [2.24, 2.45) is 17.8 Å². The van der Waals surface area contributed by atoms with Crippen molar-refractivity contribution in [2.75, 3.05) is 0 Å². The monoisotopic (exact) mass is 321 g/mol. The van der Waals surface area contributed by atoms with E-state index in [1.54, 1.807) is 12.1 Å². The van der Waals surface area contributed by atoms with Gasteiger partial charge in [0.2, 0.25) is 0 Å². The van der Waals surface area contributed by atoms with Crippen LogP contribution in [0.1, 0.15) is 36.6 Å². The first kappa shape index (κ1) is 14.9. The molecule has 0 spiro atoms. The lowest BCUT2D eigenvalue weighted by Crippen LogP contribution is -2.52. The highest BCUT2D eigenvalue weighted by molar-refractivity contribution is 5.87. The first-order valence-corrected chi connectivity index (χ1v) is 8.34. The van der Waals surface area contributed by atoms with Crippen LogP contribution in [0.25, 0.3) is 0 Å². The highest BCUT2D eigenvalue weighted by Crippen LogP contribution is 2.55. The minimum Gasteiger partial charge on any atom is -0.508 e. The van der Waals surface area contributed by atoms with E-state index in [0.29, 0.717) is 6.42 Å². The van der Waals surface area contributed by atoms with Crippen molar-refractivity contribution in [3.05, 3.63) is 47.3 Å². The van der Waals surface area contributed by atoms with Crippen LogP contribution in [0.15, 0.2) is 30.5 Å². The maximum absolute atomic E-state index is 12.6. The van der Waals surface area contributed by atoms with Gasteiger partial charge in [-0.15, -0.1) is 0 Å². The summed E-state index contributed by atoms with van der Waals surface area (Å²) >= 11 is 0. The highest BCUT2D eigenvalue weighted by atomic mass is 16.3. The fraction of sp³-hybridized carbons (Fsp3) is 0.421. The number of aromatic nitrogens is 2. The van der Waals surface area contributed by atoms with Crippen molar-refractivity contribution in [3.63, 3.8) is 0 Å². The molecular formula is C19H19N3O2. The number of Topliss-reactive ketones (excluding diaryl/α,β-unsaturated/α-hetero) is 1. The number of ketones is 1. The molecule has 2 aliphatic carbocycles. The number of phenols is 1. The highest BCUT2D eigenvalue weighted by Gasteiger charge is 2.56. The summed E-state index contributed by atoms with van der Waals surface area (Å²) in [5.74, 6) is -0.415. The van der Waals surface area contributed by atoms with Gasteiger partial charge in [0.1, 0.15) is 11.7 Å². The summed E-state index contributed by atoms with van der Waals surface area (Å²) < 4.78 is 0. The maximum atomic E-state index is 12.6. The molecule has 24 heavy (non-hydrogen) atoms. The summed E-state index contributed by atoms with van der Waals surface area (Å²) in [6, 6.07) is 9.36. The van der Waals surface area contributed by atoms with E-state index in [4.69, 9.17) is 0 Å². The molecule has 1 aromatic heterocycles. The summed E-state index contributed by atoms with van der Waals surface area (Å²) in [6.45, 7) is 1.95. The lowest BCUT2D eigenvalue weighted by molar-refractivity contribution is -0.131. The van der Waals surface area contributed by atoms with E-state index < -0.39 is 11.3 Å². The van der Waals surface area contributed by atoms with Crippen LogP contribution >= 0.6 is 0 Å². The lowest BCUT2D eigenvalue weighted by atomic mass is 9.51. The number of aryl methyl sites for hydroxylation is 1. The Labute approximate surface area is 140 Å². The van der Waals surface area contributed by atoms with Crippen LogP contribution in [-0.2, 0) is 16.6 Å². The van der Waals surface area contributed by atoms with Gasteiger partial charge in [0.15, 0.2) is 5.78 Å². The second kappa shape index (κ2) is 5.20. The zero-order valence-corrected chi connectivity index (χ0v) is 13.5. The molecule has 2 aliphatic rings. The number of fused-ring (bicyclic) bond motifs is 3. The number of rotatable bonds is 1. The molecule has 1 fully saturated rings. The van der Waals surface area contributed by atoms with Gasteiger partial charge in [-0.1, -0.05) is 19.1 Å². The third-order valence-corrected chi connectivity index (χ3v) is 5.96. The maximum Gasteiger partial charge on any atom is 0.153 e. The van der Waals surface area contributed by atoms with E-state index in [2.05, 4.69) is 16.3 Å². The minimum absolute atomic E-state index is 0.0517. The smallest absolute Gasteiger partial charge is 0.153 e. The molecule has 0 amide bonds. The van der Waals surface area contributed by atoms with Crippen LogP contribution in [0.3, 0.4) is 0 Å². The fourth-order valence-electron chi connectivity index (χ4n) is 4.82. The molecule has 1 heterocycles. The van der Waals surface area contributed by atoms with Gasteiger partial charge in [-0.2, -0.15) is 10.4 Å².